The zero-order valence-electron chi connectivity index (χ0n) is 22.2. The second kappa shape index (κ2) is 10.5. The first-order chi connectivity index (χ1) is 19.1. The number of rotatable bonds is 6. The van der Waals surface area contributed by atoms with Gasteiger partial charge in [-0.15, -0.1) is 11.3 Å². The Hall–Kier alpha value is -2.99. The third-order valence-electron chi connectivity index (χ3n) is 8.00. The van der Waals surface area contributed by atoms with Gasteiger partial charge in [0.1, 0.15) is 15.9 Å². The van der Waals surface area contributed by atoms with Crippen LogP contribution in [0.3, 0.4) is 0 Å². The molecule has 1 aromatic carbocycles. The predicted octanol–water partition coefficient (Wildman–Crippen LogP) is 3.70. The summed E-state index contributed by atoms with van der Waals surface area (Å²) in [5.41, 5.74) is 3.79. The van der Waals surface area contributed by atoms with Crippen molar-refractivity contribution in [3.63, 3.8) is 0 Å². The molecule has 6 heterocycles. The Bertz CT molecular complexity index is 1460. The molecule has 0 saturated carbocycles. The first-order valence-corrected chi connectivity index (χ1v) is 14.7. The molecule has 11 heteroatoms. The molecular formula is C28H33FN8OS. The van der Waals surface area contributed by atoms with Crippen LogP contribution in [0.15, 0.2) is 36.5 Å². The molecule has 2 atom stereocenters. The molecule has 0 radical (unpaired) electrons. The number of morpholine rings is 1. The van der Waals surface area contributed by atoms with Gasteiger partial charge in [0, 0.05) is 44.0 Å². The molecule has 3 aromatic heterocycles. The van der Waals surface area contributed by atoms with E-state index >= 15 is 4.39 Å². The number of thiazole rings is 1. The number of piperidine rings is 1. The van der Waals surface area contributed by atoms with Gasteiger partial charge >= 0.3 is 0 Å². The molecule has 0 bridgehead atoms. The van der Waals surface area contributed by atoms with Crippen molar-refractivity contribution in [3.8, 4) is 17.2 Å². The van der Waals surface area contributed by atoms with Crippen LogP contribution in [-0.2, 0) is 11.3 Å². The van der Waals surface area contributed by atoms with Gasteiger partial charge in [0.15, 0.2) is 11.5 Å². The van der Waals surface area contributed by atoms with E-state index in [0.717, 1.165) is 65.9 Å². The van der Waals surface area contributed by atoms with E-state index in [2.05, 4.69) is 39.8 Å². The van der Waals surface area contributed by atoms with Crippen LogP contribution >= 0.6 is 11.3 Å². The quantitative estimate of drug-likeness (QED) is 0.361. The number of nitrogens with zero attached hydrogens (tertiary/aromatic N) is 8. The maximum atomic E-state index is 15.0. The second-order valence-electron chi connectivity index (χ2n) is 10.7. The minimum absolute atomic E-state index is 0.0745. The number of halogens is 1. The van der Waals surface area contributed by atoms with Gasteiger partial charge in [-0.3, -0.25) is 9.80 Å². The number of ether oxygens (including phenoxy) is 1. The summed E-state index contributed by atoms with van der Waals surface area (Å²) in [6.45, 7) is 8.98. The fourth-order valence-corrected chi connectivity index (χ4v) is 6.83. The van der Waals surface area contributed by atoms with Crippen LogP contribution in [-0.4, -0.2) is 99.2 Å². The van der Waals surface area contributed by atoms with Crippen molar-refractivity contribution >= 4 is 27.5 Å². The van der Waals surface area contributed by atoms with E-state index in [1.165, 1.54) is 12.0 Å². The zero-order chi connectivity index (χ0) is 26.3. The van der Waals surface area contributed by atoms with E-state index in [4.69, 9.17) is 24.8 Å². The topological polar surface area (TPSA) is 75.4 Å². The summed E-state index contributed by atoms with van der Waals surface area (Å²) in [6.07, 6.45) is 3.15. The number of aryl methyl sites for hydroxylation is 1. The van der Waals surface area contributed by atoms with Crippen molar-refractivity contribution < 1.29 is 9.13 Å². The highest BCUT2D eigenvalue weighted by Crippen LogP contribution is 2.33. The number of benzene rings is 1. The summed E-state index contributed by atoms with van der Waals surface area (Å²) in [5.74, 6) is 1.37. The Morgan fingerprint density at radius 1 is 1.05 bits per heavy atom. The Labute approximate surface area is 231 Å². The lowest BCUT2D eigenvalue weighted by Gasteiger charge is -2.44. The van der Waals surface area contributed by atoms with E-state index in [1.54, 1.807) is 16.0 Å². The molecule has 2 unspecified atom stereocenters. The summed E-state index contributed by atoms with van der Waals surface area (Å²) in [5, 5.41) is 5.74. The zero-order valence-corrected chi connectivity index (χ0v) is 23.0. The molecule has 3 fully saturated rings. The molecule has 0 spiro atoms. The molecule has 3 saturated heterocycles. The maximum Gasteiger partial charge on any atom is 0.254 e. The number of alkyl halides is 1. The molecule has 39 heavy (non-hydrogen) atoms. The Kier molecular flexibility index (Phi) is 6.75. The van der Waals surface area contributed by atoms with Crippen LogP contribution < -0.4 is 4.90 Å². The summed E-state index contributed by atoms with van der Waals surface area (Å²) in [7, 11) is 0. The average Bonchev–Trinajstić information content (AvgIpc) is 3.56. The van der Waals surface area contributed by atoms with Gasteiger partial charge in [0.05, 0.1) is 25.5 Å². The van der Waals surface area contributed by atoms with E-state index < -0.39 is 6.17 Å². The summed E-state index contributed by atoms with van der Waals surface area (Å²) >= 11 is 1.62. The summed E-state index contributed by atoms with van der Waals surface area (Å²) in [4.78, 5) is 21.5. The molecule has 7 rings (SSSR count). The maximum absolute atomic E-state index is 15.0. The van der Waals surface area contributed by atoms with Crippen molar-refractivity contribution in [2.24, 2.45) is 0 Å². The van der Waals surface area contributed by atoms with Crippen LogP contribution in [0.25, 0.3) is 27.6 Å². The monoisotopic (exact) mass is 548 g/mol. The van der Waals surface area contributed by atoms with Gasteiger partial charge in [-0.25, -0.2) is 14.1 Å². The Morgan fingerprint density at radius 3 is 2.69 bits per heavy atom. The molecule has 3 aliphatic heterocycles. The van der Waals surface area contributed by atoms with Crippen molar-refractivity contribution in [3.05, 3.63) is 47.1 Å². The average molecular weight is 549 g/mol. The SMILES string of the molecule is Cc1cccc(-c2ccn(-c3nc(N4CCOCC4)c4sc(CN5CCC(N6CCC6)C(F)C5)nc4n3)n2)c1. The largest absolute Gasteiger partial charge is 0.378 e. The molecule has 0 amide bonds. The smallest absolute Gasteiger partial charge is 0.254 e. The third kappa shape index (κ3) is 5.04. The van der Waals surface area contributed by atoms with Crippen molar-refractivity contribution in [2.45, 2.75) is 38.5 Å². The fourth-order valence-electron chi connectivity index (χ4n) is 5.77. The highest BCUT2D eigenvalue weighted by atomic mass is 32.1. The van der Waals surface area contributed by atoms with Crippen molar-refractivity contribution in [1.29, 1.82) is 0 Å². The van der Waals surface area contributed by atoms with Crippen LogP contribution in [0, 0.1) is 6.92 Å². The first kappa shape index (κ1) is 25.0. The molecule has 3 aliphatic rings. The predicted molar refractivity (Wildman–Crippen MR) is 150 cm³/mol. The molecular weight excluding hydrogens is 515 g/mol. The van der Waals surface area contributed by atoms with E-state index in [1.807, 2.05) is 18.3 Å². The van der Waals surface area contributed by atoms with Crippen LogP contribution in [0.5, 0.6) is 0 Å². The van der Waals surface area contributed by atoms with Gasteiger partial charge in [-0.1, -0.05) is 23.8 Å². The van der Waals surface area contributed by atoms with Gasteiger partial charge in [-0.05, 0) is 45.0 Å². The standard InChI is InChI=1S/C28H33FN8OS/c1-19-4-2-5-20(16-19)22-6-11-37(33-22)28-31-26-25(27(32-28)36-12-14-38-15-13-36)39-24(30-26)18-34-10-7-23(21(29)17-34)35-8-3-9-35/h2,4-6,11,16,21,23H,3,7-10,12-15,17-18H2,1H3. The molecule has 0 aliphatic carbocycles. The first-order valence-electron chi connectivity index (χ1n) is 13.8. The third-order valence-corrected chi connectivity index (χ3v) is 9.02. The van der Waals surface area contributed by atoms with Crippen LogP contribution in [0.4, 0.5) is 10.2 Å². The van der Waals surface area contributed by atoms with E-state index in [9.17, 15) is 0 Å². The van der Waals surface area contributed by atoms with Gasteiger partial charge in [0.25, 0.3) is 5.95 Å². The van der Waals surface area contributed by atoms with E-state index in [-0.39, 0.29) is 6.04 Å². The molecule has 9 nitrogen and oxygen atoms in total. The minimum Gasteiger partial charge on any atom is -0.378 e. The lowest BCUT2D eigenvalue weighted by Crippen LogP contribution is -2.56. The number of likely N-dealkylation sites (tertiary alicyclic amines) is 2. The van der Waals surface area contributed by atoms with Crippen LogP contribution in [0.2, 0.25) is 0 Å². The molecule has 4 aromatic rings. The number of aromatic nitrogens is 5. The Balaban J connectivity index is 1.18. The molecule has 0 N–H and O–H groups in total. The second-order valence-corrected chi connectivity index (χ2v) is 11.8. The highest BCUT2D eigenvalue weighted by molar-refractivity contribution is 7.19. The summed E-state index contributed by atoms with van der Waals surface area (Å²) < 4.78 is 23.3. The van der Waals surface area contributed by atoms with Gasteiger partial charge in [0.2, 0.25) is 0 Å². The lowest BCUT2D eigenvalue weighted by molar-refractivity contribution is 0.00202. The fraction of sp³-hybridized carbons (Fsp3) is 0.500. The Morgan fingerprint density at radius 2 is 1.92 bits per heavy atom. The molecule has 204 valence electrons. The number of fused-ring (bicyclic) bond motifs is 1. The van der Waals surface area contributed by atoms with Crippen molar-refractivity contribution in [1.82, 2.24) is 34.5 Å². The van der Waals surface area contributed by atoms with Crippen LogP contribution in [0.1, 0.15) is 23.4 Å². The minimum atomic E-state index is -0.814. The highest BCUT2D eigenvalue weighted by Gasteiger charge is 2.36. The van der Waals surface area contributed by atoms with E-state index in [0.29, 0.717) is 37.9 Å². The number of hydrogen-bond donors (Lipinski definition) is 0. The van der Waals surface area contributed by atoms with Crippen molar-refractivity contribution in [2.75, 3.05) is 57.4 Å². The number of hydrogen-bond acceptors (Lipinski definition) is 9. The van der Waals surface area contributed by atoms with Gasteiger partial charge in [-0.2, -0.15) is 15.1 Å². The normalized spacial score (nSPS) is 22.9. The van der Waals surface area contributed by atoms with Gasteiger partial charge < -0.3 is 9.64 Å². The lowest BCUT2D eigenvalue weighted by atomic mass is 9.98. The summed E-state index contributed by atoms with van der Waals surface area (Å²) in [6, 6.07) is 10.4. The number of anilines is 1.